The van der Waals surface area contributed by atoms with Crippen molar-refractivity contribution in [2.75, 3.05) is 17.6 Å². The van der Waals surface area contributed by atoms with E-state index in [0.717, 1.165) is 0 Å². The smallest absolute Gasteiger partial charge is 0.366 e. The van der Waals surface area contributed by atoms with Gasteiger partial charge in [-0.3, -0.25) is 4.68 Å². The van der Waals surface area contributed by atoms with Gasteiger partial charge in [-0.05, 0) is 13.8 Å². The van der Waals surface area contributed by atoms with Crippen molar-refractivity contribution in [1.29, 1.82) is 0 Å². The van der Waals surface area contributed by atoms with E-state index in [4.69, 9.17) is 9.47 Å². The molecule has 0 amide bonds. The summed E-state index contributed by atoms with van der Waals surface area (Å²) in [5.41, 5.74) is -0.829. The molecule has 0 saturated carbocycles. The Labute approximate surface area is 176 Å². The summed E-state index contributed by atoms with van der Waals surface area (Å²) in [5.74, 6) is -10.6. The number of benzene rings is 1. The maximum Gasteiger partial charge on any atom is 0.366 e. The van der Waals surface area contributed by atoms with E-state index in [9.17, 15) is 22.4 Å². The maximum atomic E-state index is 13.7. The molecule has 0 unspecified atom stereocenters. The molecular weight excluding hydrogens is 513 g/mol. The molecule has 7 nitrogen and oxygen atoms in total. The van der Waals surface area contributed by atoms with Gasteiger partial charge in [0, 0.05) is 15.9 Å². The van der Waals surface area contributed by atoms with Crippen LogP contribution in [0.2, 0.25) is 0 Å². The molecule has 29 heavy (non-hydrogen) atoms. The maximum absolute atomic E-state index is 13.7. The van der Waals surface area contributed by atoms with Crippen molar-refractivity contribution in [3.63, 3.8) is 0 Å². The molecule has 1 aliphatic heterocycles. The summed E-state index contributed by atoms with van der Waals surface area (Å²) in [6, 6.07) is 0.0113. The van der Waals surface area contributed by atoms with Gasteiger partial charge < -0.3 is 14.2 Å². The normalized spacial score (nSPS) is 17.9. The third kappa shape index (κ3) is 4.69. The Balaban J connectivity index is 1.74. The number of hydrogen-bond donors (Lipinski definition) is 0. The Morgan fingerprint density at radius 2 is 1.79 bits per heavy atom. The minimum atomic E-state index is -1.83. The number of carbonyl (C=O) groups excluding carboxylic acids is 1. The van der Waals surface area contributed by atoms with Gasteiger partial charge in [-0.2, -0.15) is 8.78 Å². The molecule has 2 heterocycles. The van der Waals surface area contributed by atoms with Crippen molar-refractivity contribution in [2.24, 2.45) is 5.41 Å². The average Bonchev–Trinajstić information content (AvgIpc) is 3.14. The average molecular weight is 529 g/mol. The number of halogens is 5. The number of carbonyl (C=O) groups is 1. The Hall–Kier alpha value is -1.80. The lowest BCUT2D eigenvalue weighted by Crippen LogP contribution is -2.49. The molecule has 3 rings (SSSR count). The van der Waals surface area contributed by atoms with Gasteiger partial charge in [0.05, 0.1) is 26.0 Å². The van der Waals surface area contributed by atoms with Gasteiger partial charge in [-0.1, -0.05) is 27.8 Å². The monoisotopic (exact) mass is 529 g/mol. The number of ether oxygens (including phenoxy) is 3. The molecule has 2 aromatic rings. The van der Waals surface area contributed by atoms with Crippen molar-refractivity contribution in [3.05, 3.63) is 41.2 Å². The van der Waals surface area contributed by atoms with Crippen LogP contribution in [0.1, 0.15) is 24.3 Å². The summed E-state index contributed by atoms with van der Waals surface area (Å²) in [6.45, 7) is 4.62. The number of alkyl halides is 1. The van der Waals surface area contributed by atoms with E-state index < -0.39 is 51.9 Å². The molecule has 1 aromatic heterocycles. The fraction of sp³-hybridized carbons (Fsp3) is 0.471. The SMILES string of the molecule is CC1(C)OCC(CI)(Cn2cc(C(=O)Oc3c(F)c(F)cc(F)c3F)nn2)CO1. The molecule has 158 valence electrons. The van der Waals surface area contributed by atoms with Crippen LogP contribution in [0, 0.1) is 28.7 Å². The van der Waals surface area contributed by atoms with Gasteiger partial charge in [-0.25, -0.2) is 13.6 Å². The Morgan fingerprint density at radius 1 is 1.21 bits per heavy atom. The van der Waals surface area contributed by atoms with E-state index in [-0.39, 0.29) is 12.6 Å². The van der Waals surface area contributed by atoms with Crippen LogP contribution in [0.15, 0.2) is 12.3 Å². The second-order valence-corrected chi connectivity index (χ2v) is 7.86. The summed E-state index contributed by atoms with van der Waals surface area (Å²) < 4.78 is 71.7. The largest absolute Gasteiger partial charge is 0.415 e. The molecule has 12 heteroatoms. The molecule has 0 N–H and O–H groups in total. The van der Waals surface area contributed by atoms with Gasteiger partial charge >= 0.3 is 5.97 Å². The van der Waals surface area contributed by atoms with Crippen LogP contribution in [0.25, 0.3) is 0 Å². The predicted molar refractivity (Wildman–Crippen MR) is 98.6 cm³/mol. The third-order valence-electron chi connectivity index (χ3n) is 4.25. The highest BCUT2D eigenvalue weighted by Gasteiger charge is 2.40. The van der Waals surface area contributed by atoms with E-state index in [1.165, 1.54) is 10.9 Å². The van der Waals surface area contributed by atoms with Crippen molar-refractivity contribution < 1.29 is 36.6 Å². The number of nitrogens with zero attached hydrogens (tertiary/aromatic N) is 3. The van der Waals surface area contributed by atoms with Crippen LogP contribution in [0.5, 0.6) is 5.75 Å². The molecule has 1 aliphatic rings. The summed E-state index contributed by atoms with van der Waals surface area (Å²) in [5, 5.41) is 7.40. The molecule has 1 saturated heterocycles. The second kappa shape index (κ2) is 8.14. The first-order chi connectivity index (χ1) is 13.6. The number of rotatable bonds is 5. The molecule has 1 fully saturated rings. The fourth-order valence-electron chi connectivity index (χ4n) is 2.55. The lowest BCUT2D eigenvalue weighted by atomic mass is 9.91. The molecular formula is C17H16F4IN3O4. The molecule has 0 radical (unpaired) electrons. The fourth-order valence-corrected chi connectivity index (χ4v) is 3.23. The molecule has 0 aliphatic carbocycles. The molecule has 1 aromatic carbocycles. The molecule has 0 bridgehead atoms. The first-order valence-corrected chi connectivity index (χ1v) is 9.88. The minimum Gasteiger partial charge on any atom is -0.415 e. The summed E-state index contributed by atoms with van der Waals surface area (Å²) in [4.78, 5) is 12.1. The van der Waals surface area contributed by atoms with Crippen LogP contribution in [0.4, 0.5) is 17.6 Å². The van der Waals surface area contributed by atoms with Crippen molar-refractivity contribution in [3.8, 4) is 5.75 Å². The van der Waals surface area contributed by atoms with E-state index >= 15 is 0 Å². The zero-order chi connectivity index (χ0) is 21.4. The summed E-state index contributed by atoms with van der Waals surface area (Å²) >= 11 is 2.18. The Kier molecular flexibility index (Phi) is 6.15. The van der Waals surface area contributed by atoms with Gasteiger partial charge in [-0.15, -0.1) is 5.10 Å². The number of hydrogen-bond acceptors (Lipinski definition) is 6. The van der Waals surface area contributed by atoms with Gasteiger partial charge in [0.15, 0.2) is 23.1 Å². The molecule has 0 spiro atoms. The van der Waals surface area contributed by atoms with E-state index in [1.807, 2.05) is 0 Å². The summed E-state index contributed by atoms with van der Waals surface area (Å²) in [6.07, 6.45) is 1.20. The van der Waals surface area contributed by atoms with Gasteiger partial charge in [0.2, 0.25) is 17.4 Å². The van der Waals surface area contributed by atoms with Crippen molar-refractivity contribution in [1.82, 2.24) is 15.0 Å². The van der Waals surface area contributed by atoms with Crippen LogP contribution < -0.4 is 4.74 Å². The van der Waals surface area contributed by atoms with Gasteiger partial charge in [0.25, 0.3) is 0 Å². The van der Waals surface area contributed by atoms with E-state index in [0.29, 0.717) is 17.6 Å². The topological polar surface area (TPSA) is 75.5 Å². The molecule has 0 atom stereocenters. The van der Waals surface area contributed by atoms with Crippen LogP contribution in [-0.2, 0) is 16.0 Å². The van der Waals surface area contributed by atoms with Gasteiger partial charge in [0.1, 0.15) is 0 Å². The minimum absolute atomic E-state index is 0.0113. The quantitative estimate of drug-likeness (QED) is 0.148. The number of esters is 1. The summed E-state index contributed by atoms with van der Waals surface area (Å²) in [7, 11) is 0. The zero-order valence-corrected chi connectivity index (χ0v) is 17.5. The first kappa shape index (κ1) is 21.9. The third-order valence-corrected chi connectivity index (χ3v) is 5.86. The highest BCUT2D eigenvalue weighted by molar-refractivity contribution is 14.1. The number of aromatic nitrogens is 3. The Morgan fingerprint density at radius 3 is 2.34 bits per heavy atom. The highest BCUT2D eigenvalue weighted by Crippen LogP contribution is 2.33. The Bertz CT molecular complexity index is 901. The van der Waals surface area contributed by atoms with Crippen LogP contribution in [-0.4, -0.2) is 44.4 Å². The standard InChI is InChI=1S/C17H16F4IN3O4/c1-16(2)27-7-17(5-22,8-28-16)6-25-4-11(23-24-25)15(26)29-14-12(20)9(18)3-10(19)13(14)21/h3-4H,5-8H2,1-2H3. The first-order valence-electron chi connectivity index (χ1n) is 8.35. The van der Waals surface area contributed by atoms with E-state index in [1.54, 1.807) is 13.8 Å². The van der Waals surface area contributed by atoms with Crippen molar-refractivity contribution in [2.45, 2.75) is 26.2 Å². The zero-order valence-electron chi connectivity index (χ0n) is 15.3. The lowest BCUT2D eigenvalue weighted by Gasteiger charge is -2.42. The van der Waals surface area contributed by atoms with Crippen LogP contribution in [0.3, 0.4) is 0 Å². The predicted octanol–water partition coefficient (Wildman–Crippen LogP) is 3.26. The highest BCUT2D eigenvalue weighted by atomic mass is 127. The lowest BCUT2D eigenvalue weighted by molar-refractivity contribution is -0.283. The van der Waals surface area contributed by atoms with Crippen LogP contribution >= 0.6 is 22.6 Å². The second-order valence-electron chi connectivity index (χ2n) is 7.10. The van der Waals surface area contributed by atoms with Crippen molar-refractivity contribution >= 4 is 28.6 Å². The van der Waals surface area contributed by atoms with E-state index in [2.05, 4.69) is 37.6 Å².